The van der Waals surface area contributed by atoms with Gasteiger partial charge in [-0.3, -0.25) is 9.69 Å². The summed E-state index contributed by atoms with van der Waals surface area (Å²) in [5.74, 6) is -0.252. The van der Waals surface area contributed by atoms with Crippen LogP contribution in [0.4, 0.5) is 0 Å². The first-order valence-electron chi connectivity index (χ1n) is 6.85. The number of nitrogens with one attached hydrogen (secondary N) is 1. The Morgan fingerprint density at radius 1 is 1.52 bits per heavy atom. The van der Waals surface area contributed by atoms with Gasteiger partial charge in [-0.1, -0.05) is 0 Å². The average Bonchev–Trinajstić information content (AvgIpc) is 2.94. The molecule has 2 rings (SSSR count). The van der Waals surface area contributed by atoms with E-state index in [0.29, 0.717) is 13.1 Å². The van der Waals surface area contributed by atoms with Crippen molar-refractivity contribution in [1.29, 1.82) is 0 Å². The van der Waals surface area contributed by atoms with E-state index in [9.17, 15) is 9.59 Å². The van der Waals surface area contributed by atoms with E-state index in [1.807, 2.05) is 0 Å². The highest BCUT2D eigenvalue weighted by atomic mass is 16.5. The molecule has 1 unspecified atom stereocenters. The summed E-state index contributed by atoms with van der Waals surface area (Å²) in [6.45, 7) is 2.62. The number of nitrogens with zero attached hydrogens (tertiary/aromatic N) is 2. The van der Waals surface area contributed by atoms with Crippen LogP contribution in [0.15, 0.2) is 16.7 Å². The van der Waals surface area contributed by atoms with Crippen LogP contribution in [0.5, 0.6) is 0 Å². The third-order valence-corrected chi connectivity index (χ3v) is 3.57. The van der Waals surface area contributed by atoms with E-state index >= 15 is 0 Å². The molecule has 1 aromatic rings. The number of hydrogen-bond donors (Lipinski definition) is 1. The minimum Gasteiger partial charge on any atom is -0.463 e. The highest BCUT2D eigenvalue weighted by molar-refractivity contribution is 5.88. The molecule has 1 N–H and O–H groups in total. The Balaban J connectivity index is 2.14. The van der Waals surface area contributed by atoms with Gasteiger partial charge in [-0.2, -0.15) is 0 Å². The van der Waals surface area contributed by atoms with Gasteiger partial charge in [0.15, 0.2) is 0 Å². The topological polar surface area (TPSA) is 75.0 Å². The summed E-state index contributed by atoms with van der Waals surface area (Å²) in [5.41, 5.74) is 0.736. The zero-order chi connectivity index (χ0) is 15.4. The molecule has 0 aromatic carbocycles. The lowest BCUT2D eigenvalue weighted by molar-refractivity contribution is -0.135. The van der Waals surface area contributed by atoms with Gasteiger partial charge in [-0.25, -0.2) is 4.79 Å². The van der Waals surface area contributed by atoms with Gasteiger partial charge >= 0.3 is 5.97 Å². The zero-order valence-electron chi connectivity index (χ0n) is 12.6. The quantitative estimate of drug-likeness (QED) is 0.784. The maximum atomic E-state index is 12.2. The highest BCUT2D eigenvalue weighted by Gasteiger charge is 2.31. The molecule has 1 aliphatic rings. The summed E-state index contributed by atoms with van der Waals surface area (Å²) in [7, 11) is 4.80. The first-order chi connectivity index (χ1) is 10.0. The Labute approximate surface area is 123 Å². The van der Waals surface area contributed by atoms with Crippen molar-refractivity contribution in [2.24, 2.45) is 0 Å². The van der Waals surface area contributed by atoms with Crippen LogP contribution in [-0.4, -0.2) is 68.6 Å². The molecule has 1 saturated heterocycles. The summed E-state index contributed by atoms with van der Waals surface area (Å²) in [6.07, 6.45) is 1.46. The van der Waals surface area contributed by atoms with Gasteiger partial charge < -0.3 is 19.4 Å². The van der Waals surface area contributed by atoms with E-state index in [1.54, 1.807) is 25.1 Å². The molecule has 0 radical (unpaired) electrons. The van der Waals surface area contributed by atoms with E-state index in [2.05, 4.69) is 10.2 Å². The summed E-state index contributed by atoms with van der Waals surface area (Å²) in [5, 5.41) is 3.22. The van der Waals surface area contributed by atoms with Crippen molar-refractivity contribution in [3.05, 3.63) is 23.7 Å². The lowest BCUT2D eigenvalue weighted by Crippen LogP contribution is -2.57. The van der Waals surface area contributed by atoms with Gasteiger partial charge in [-0.15, -0.1) is 0 Å². The van der Waals surface area contributed by atoms with Crippen molar-refractivity contribution >= 4 is 11.9 Å². The van der Waals surface area contributed by atoms with Gasteiger partial charge in [0.25, 0.3) is 0 Å². The van der Waals surface area contributed by atoms with Crippen molar-refractivity contribution in [3.63, 3.8) is 0 Å². The number of ether oxygens (including phenoxy) is 1. The number of rotatable bonds is 4. The van der Waals surface area contributed by atoms with Crippen LogP contribution in [0, 0.1) is 0 Å². The van der Waals surface area contributed by atoms with Gasteiger partial charge in [0.2, 0.25) is 11.7 Å². The number of piperazine rings is 1. The van der Waals surface area contributed by atoms with Crippen molar-refractivity contribution in [1.82, 2.24) is 15.1 Å². The second-order valence-corrected chi connectivity index (χ2v) is 5.19. The zero-order valence-corrected chi connectivity index (χ0v) is 12.6. The number of carbonyl (C=O) groups excluding carboxylic acids is 2. The van der Waals surface area contributed by atoms with Crippen LogP contribution in [-0.2, 0) is 16.1 Å². The number of carbonyl (C=O) groups is 2. The van der Waals surface area contributed by atoms with Crippen LogP contribution >= 0.6 is 0 Å². The first-order valence-corrected chi connectivity index (χ1v) is 6.85. The standard InChI is InChI=1S/C14H21N3O4/c1-16(2)13(18)11-8-15-5-6-17(11)9-10-4-7-21-12(10)14(19)20-3/h4,7,11,15H,5-6,8-9H2,1-3H3. The van der Waals surface area contributed by atoms with E-state index in [0.717, 1.165) is 18.7 Å². The van der Waals surface area contributed by atoms with Crippen LogP contribution in [0.1, 0.15) is 16.1 Å². The Kier molecular flexibility index (Phi) is 4.98. The predicted octanol–water partition coefficient (Wildman–Crippen LogP) is -0.0718. The smallest absolute Gasteiger partial charge is 0.374 e. The summed E-state index contributed by atoms with van der Waals surface area (Å²) < 4.78 is 9.89. The van der Waals surface area contributed by atoms with Crippen molar-refractivity contribution in [3.8, 4) is 0 Å². The van der Waals surface area contributed by atoms with E-state index in [-0.39, 0.29) is 17.7 Å². The molecule has 0 aliphatic carbocycles. The molecule has 116 valence electrons. The van der Waals surface area contributed by atoms with E-state index in [4.69, 9.17) is 9.15 Å². The lowest BCUT2D eigenvalue weighted by Gasteiger charge is -2.36. The van der Waals surface area contributed by atoms with Crippen LogP contribution < -0.4 is 5.32 Å². The Bertz CT molecular complexity index is 512. The minimum absolute atomic E-state index is 0.0466. The molecule has 1 amide bonds. The molecule has 1 fully saturated rings. The average molecular weight is 295 g/mol. The van der Waals surface area contributed by atoms with Crippen molar-refractivity contribution in [2.75, 3.05) is 40.8 Å². The van der Waals surface area contributed by atoms with Crippen LogP contribution in [0.2, 0.25) is 0 Å². The van der Waals surface area contributed by atoms with Gasteiger partial charge in [-0.05, 0) is 6.07 Å². The largest absolute Gasteiger partial charge is 0.463 e. The molecule has 0 bridgehead atoms. The van der Waals surface area contributed by atoms with Crippen molar-refractivity contribution < 1.29 is 18.7 Å². The summed E-state index contributed by atoms with van der Waals surface area (Å²) >= 11 is 0. The molecular weight excluding hydrogens is 274 g/mol. The third-order valence-electron chi connectivity index (χ3n) is 3.57. The lowest BCUT2D eigenvalue weighted by atomic mass is 10.1. The fraction of sp³-hybridized carbons (Fsp3) is 0.571. The number of likely N-dealkylation sites (N-methyl/N-ethyl adjacent to an activating group) is 1. The second kappa shape index (κ2) is 6.73. The second-order valence-electron chi connectivity index (χ2n) is 5.19. The molecule has 0 spiro atoms. The molecule has 0 saturated carbocycles. The molecule has 21 heavy (non-hydrogen) atoms. The van der Waals surface area contributed by atoms with Gasteiger partial charge in [0.05, 0.1) is 13.4 Å². The SMILES string of the molecule is COC(=O)c1occc1CN1CCNCC1C(=O)N(C)C. The summed E-state index contributed by atoms with van der Waals surface area (Å²) in [6, 6.07) is 1.50. The third kappa shape index (κ3) is 3.43. The van der Waals surface area contributed by atoms with Gasteiger partial charge in [0, 0.05) is 45.8 Å². The number of hydrogen-bond acceptors (Lipinski definition) is 6. The molecule has 1 atom stereocenters. The Morgan fingerprint density at radius 3 is 2.95 bits per heavy atom. The first kappa shape index (κ1) is 15.5. The van der Waals surface area contributed by atoms with Gasteiger partial charge in [0.1, 0.15) is 6.04 Å². The number of methoxy groups -OCH3 is 1. The number of esters is 1. The molecule has 1 aromatic heterocycles. The fourth-order valence-corrected chi connectivity index (χ4v) is 2.43. The maximum absolute atomic E-state index is 12.2. The Morgan fingerprint density at radius 2 is 2.29 bits per heavy atom. The summed E-state index contributed by atoms with van der Waals surface area (Å²) in [4.78, 5) is 27.5. The number of furan rings is 1. The number of amides is 1. The monoisotopic (exact) mass is 295 g/mol. The van der Waals surface area contributed by atoms with Crippen LogP contribution in [0.25, 0.3) is 0 Å². The Hall–Kier alpha value is -1.86. The molecular formula is C14H21N3O4. The molecule has 1 aliphatic heterocycles. The van der Waals surface area contributed by atoms with Crippen molar-refractivity contribution in [2.45, 2.75) is 12.6 Å². The van der Waals surface area contributed by atoms with E-state index in [1.165, 1.54) is 13.4 Å². The fourth-order valence-electron chi connectivity index (χ4n) is 2.43. The molecule has 2 heterocycles. The molecule has 7 nitrogen and oxygen atoms in total. The van der Waals surface area contributed by atoms with E-state index < -0.39 is 5.97 Å². The maximum Gasteiger partial charge on any atom is 0.374 e. The predicted molar refractivity (Wildman–Crippen MR) is 75.8 cm³/mol. The normalized spacial score (nSPS) is 19.3. The highest BCUT2D eigenvalue weighted by Crippen LogP contribution is 2.17. The molecule has 7 heteroatoms. The van der Waals surface area contributed by atoms with Crippen LogP contribution in [0.3, 0.4) is 0 Å². The minimum atomic E-state index is -0.499.